The van der Waals surface area contributed by atoms with E-state index in [4.69, 9.17) is 23.2 Å². The van der Waals surface area contributed by atoms with Gasteiger partial charge in [0.1, 0.15) is 5.02 Å². The van der Waals surface area contributed by atoms with Gasteiger partial charge in [0.15, 0.2) is 5.82 Å². The number of piperidine rings is 1. The predicted octanol–water partition coefficient (Wildman–Crippen LogP) is 5.34. The maximum atomic E-state index is 6.64. The van der Waals surface area contributed by atoms with Crippen LogP contribution in [0.2, 0.25) is 10.0 Å². The number of hydrogen-bond donors (Lipinski definition) is 2. The van der Waals surface area contributed by atoms with E-state index in [2.05, 4.69) is 83.2 Å². The van der Waals surface area contributed by atoms with E-state index in [0.29, 0.717) is 16.8 Å². The maximum Gasteiger partial charge on any atom is 0.229 e. The molecule has 9 heteroatoms. The van der Waals surface area contributed by atoms with Gasteiger partial charge in [-0.1, -0.05) is 23.2 Å². The van der Waals surface area contributed by atoms with Crippen LogP contribution in [0.15, 0.2) is 24.4 Å². The quantitative estimate of drug-likeness (QED) is 0.568. The smallest absolute Gasteiger partial charge is 0.229 e. The number of hydrogen-bond acceptors (Lipinski definition) is 7. The minimum atomic E-state index is 0.0717. The van der Waals surface area contributed by atoms with Gasteiger partial charge in [-0.3, -0.25) is 4.90 Å². The molecule has 2 N–H and O–H groups in total. The van der Waals surface area contributed by atoms with Gasteiger partial charge in [-0.2, -0.15) is 4.98 Å². The van der Waals surface area contributed by atoms with Crippen LogP contribution in [0, 0.1) is 0 Å². The second kappa shape index (κ2) is 9.69. The Morgan fingerprint density at radius 2 is 1.59 bits per heavy atom. The van der Waals surface area contributed by atoms with Crippen LogP contribution in [-0.4, -0.2) is 77.2 Å². The zero-order valence-electron chi connectivity index (χ0n) is 21.1. The molecule has 2 aliphatic rings. The normalized spacial score (nSPS) is 21.5. The molecule has 0 atom stereocenters. The zero-order chi connectivity index (χ0) is 24.7. The van der Waals surface area contributed by atoms with Crippen LogP contribution in [-0.2, 0) is 0 Å². The summed E-state index contributed by atoms with van der Waals surface area (Å²) >= 11 is 13.1. The van der Waals surface area contributed by atoms with Crippen molar-refractivity contribution in [2.45, 2.75) is 57.7 Å². The lowest BCUT2D eigenvalue weighted by molar-refractivity contribution is -0.00772. The van der Waals surface area contributed by atoms with Crippen LogP contribution in [0.25, 0.3) is 0 Å². The topological polar surface area (TPSA) is 59.6 Å². The van der Waals surface area contributed by atoms with Crippen molar-refractivity contribution in [2.75, 3.05) is 55.8 Å². The molecule has 2 fully saturated rings. The molecule has 0 bridgehead atoms. The van der Waals surface area contributed by atoms with Gasteiger partial charge in [0.05, 0.1) is 16.9 Å². The summed E-state index contributed by atoms with van der Waals surface area (Å²) in [5.74, 6) is 1.14. The molecule has 2 saturated heterocycles. The van der Waals surface area contributed by atoms with Gasteiger partial charge in [-0.05, 0) is 72.8 Å². The molecule has 3 heterocycles. The van der Waals surface area contributed by atoms with Crippen molar-refractivity contribution in [1.29, 1.82) is 0 Å². The molecule has 4 rings (SSSR count). The van der Waals surface area contributed by atoms with E-state index in [1.807, 2.05) is 12.1 Å². The lowest BCUT2D eigenvalue weighted by atomic mass is 9.77. The number of likely N-dealkylation sites (N-methyl/N-ethyl adjacent to an activating group) is 1. The molecule has 7 nitrogen and oxygen atoms in total. The monoisotopic (exact) mass is 505 g/mol. The molecule has 0 saturated carbocycles. The van der Waals surface area contributed by atoms with Crippen molar-refractivity contribution in [1.82, 2.24) is 19.8 Å². The van der Waals surface area contributed by atoms with Crippen molar-refractivity contribution in [3.63, 3.8) is 0 Å². The van der Waals surface area contributed by atoms with Crippen LogP contribution >= 0.6 is 23.2 Å². The maximum absolute atomic E-state index is 6.64. The molecule has 34 heavy (non-hydrogen) atoms. The Kier molecular flexibility index (Phi) is 7.21. The lowest BCUT2D eigenvalue weighted by Gasteiger charge is -2.53. The van der Waals surface area contributed by atoms with Gasteiger partial charge in [-0.15, -0.1) is 0 Å². The summed E-state index contributed by atoms with van der Waals surface area (Å²) < 4.78 is 0. The first-order valence-corrected chi connectivity index (χ1v) is 12.7. The Balaban J connectivity index is 1.47. The van der Waals surface area contributed by atoms with Crippen molar-refractivity contribution < 1.29 is 0 Å². The number of nitrogens with zero attached hydrogens (tertiary/aromatic N) is 5. The Morgan fingerprint density at radius 1 is 0.941 bits per heavy atom. The van der Waals surface area contributed by atoms with E-state index < -0.39 is 0 Å². The number of piperazine rings is 1. The molecule has 0 unspecified atom stereocenters. The summed E-state index contributed by atoms with van der Waals surface area (Å²) in [5, 5.41) is 8.11. The average molecular weight is 507 g/mol. The summed E-state index contributed by atoms with van der Waals surface area (Å²) in [6, 6.07) is 6.28. The molecular formula is C25H37Cl2N7. The molecule has 1 aromatic heterocycles. The number of likely N-dealkylation sites (tertiary alicyclic amines) is 1. The van der Waals surface area contributed by atoms with E-state index in [1.54, 1.807) is 6.20 Å². The standard InChI is InChI=1S/C25H37Cl2N7/c1-24(2)14-18(15-25(3,4)33(24)6)29-22-20(27)16-28-23(31-22)30-17-7-8-21(19(26)13-17)34-11-9-32(5)10-12-34/h7-8,13,16,18H,9-12,14-15H2,1-6H3,(H2,28,29,30,31). The van der Waals surface area contributed by atoms with Crippen LogP contribution in [0.5, 0.6) is 0 Å². The minimum Gasteiger partial charge on any atom is -0.368 e. The molecule has 1 aromatic carbocycles. The van der Waals surface area contributed by atoms with E-state index in [9.17, 15) is 0 Å². The number of anilines is 4. The number of benzene rings is 1. The molecule has 2 aliphatic heterocycles. The van der Waals surface area contributed by atoms with Crippen LogP contribution in [0.4, 0.5) is 23.1 Å². The average Bonchev–Trinajstić information content (AvgIpc) is 2.75. The van der Waals surface area contributed by atoms with E-state index in [0.717, 1.165) is 55.4 Å². The minimum absolute atomic E-state index is 0.0717. The third-order valence-corrected chi connectivity index (χ3v) is 8.02. The van der Waals surface area contributed by atoms with Gasteiger partial charge in [0, 0.05) is 49.0 Å². The number of rotatable bonds is 5. The second-order valence-corrected chi connectivity index (χ2v) is 11.7. The summed E-state index contributed by atoms with van der Waals surface area (Å²) in [5.41, 5.74) is 2.05. The van der Waals surface area contributed by atoms with E-state index in [-0.39, 0.29) is 17.1 Å². The van der Waals surface area contributed by atoms with Crippen molar-refractivity contribution >= 4 is 46.3 Å². The molecule has 0 radical (unpaired) electrons. The third-order valence-electron chi connectivity index (χ3n) is 7.44. The summed E-state index contributed by atoms with van der Waals surface area (Å²) in [4.78, 5) is 16.2. The summed E-state index contributed by atoms with van der Waals surface area (Å²) in [6.07, 6.45) is 3.64. The molecular weight excluding hydrogens is 469 g/mol. The van der Waals surface area contributed by atoms with E-state index >= 15 is 0 Å². The zero-order valence-corrected chi connectivity index (χ0v) is 22.6. The fraction of sp³-hybridized carbons (Fsp3) is 0.600. The first-order chi connectivity index (χ1) is 15.9. The van der Waals surface area contributed by atoms with Crippen molar-refractivity contribution in [3.05, 3.63) is 34.4 Å². The highest BCUT2D eigenvalue weighted by molar-refractivity contribution is 6.33. The van der Waals surface area contributed by atoms with Crippen molar-refractivity contribution in [3.8, 4) is 0 Å². The molecule has 2 aromatic rings. The highest BCUT2D eigenvalue weighted by atomic mass is 35.5. The van der Waals surface area contributed by atoms with Gasteiger partial charge >= 0.3 is 0 Å². The molecule has 0 spiro atoms. The fourth-order valence-corrected chi connectivity index (χ4v) is 5.66. The second-order valence-electron chi connectivity index (χ2n) is 10.9. The number of nitrogens with one attached hydrogen (secondary N) is 2. The van der Waals surface area contributed by atoms with Crippen LogP contribution in [0.3, 0.4) is 0 Å². The number of halogens is 2. The Hall–Kier alpha value is -1.80. The number of aromatic nitrogens is 2. The van der Waals surface area contributed by atoms with E-state index in [1.165, 1.54) is 0 Å². The molecule has 0 amide bonds. The summed E-state index contributed by atoms with van der Waals surface area (Å²) in [6.45, 7) is 13.2. The first kappa shape index (κ1) is 25.3. The first-order valence-electron chi connectivity index (χ1n) is 12.0. The lowest BCUT2D eigenvalue weighted by Crippen LogP contribution is -2.61. The van der Waals surface area contributed by atoms with Crippen molar-refractivity contribution in [2.24, 2.45) is 0 Å². The largest absolute Gasteiger partial charge is 0.368 e. The summed E-state index contributed by atoms with van der Waals surface area (Å²) in [7, 11) is 4.35. The van der Waals surface area contributed by atoms with Gasteiger partial charge < -0.3 is 20.4 Å². The van der Waals surface area contributed by atoms with Crippen LogP contribution < -0.4 is 15.5 Å². The Labute approximate surface area is 213 Å². The highest BCUT2D eigenvalue weighted by Crippen LogP contribution is 2.38. The fourth-order valence-electron chi connectivity index (χ4n) is 5.21. The van der Waals surface area contributed by atoms with Gasteiger partial charge in [-0.25, -0.2) is 4.98 Å². The predicted molar refractivity (Wildman–Crippen MR) is 144 cm³/mol. The van der Waals surface area contributed by atoms with Crippen LogP contribution in [0.1, 0.15) is 40.5 Å². The molecule has 0 aliphatic carbocycles. The Bertz CT molecular complexity index is 1000. The highest BCUT2D eigenvalue weighted by Gasteiger charge is 2.43. The third kappa shape index (κ3) is 5.54. The van der Waals surface area contributed by atoms with Gasteiger partial charge in [0.2, 0.25) is 5.95 Å². The van der Waals surface area contributed by atoms with Gasteiger partial charge in [0.25, 0.3) is 0 Å². The SMILES string of the molecule is CN1CCN(c2ccc(Nc3ncc(Cl)c(NC4CC(C)(C)N(C)C(C)(C)C4)n3)cc2Cl)CC1. The molecule has 186 valence electrons. The Morgan fingerprint density at radius 3 is 2.21 bits per heavy atom.